The number of benzene rings is 1. The van der Waals surface area contributed by atoms with Gasteiger partial charge in [0.05, 0.1) is 25.7 Å². The molecule has 1 heterocycles. The smallest absolute Gasteiger partial charge is 0.325 e. The fourth-order valence-corrected chi connectivity index (χ4v) is 4.26. The van der Waals surface area contributed by atoms with E-state index in [1.54, 1.807) is 45.2 Å². The van der Waals surface area contributed by atoms with Crippen LogP contribution in [-0.2, 0) is 19.1 Å². The Morgan fingerprint density at radius 2 is 1.78 bits per heavy atom. The molecule has 1 aliphatic carbocycles. The van der Waals surface area contributed by atoms with Crippen molar-refractivity contribution in [2.75, 3.05) is 13.7 Å². The van der Waals surface area contributed by atoms with E-state index in [-0.39, 0.29) is 18.4 Å². The predicted molar refractivity (Wildman–Crippen MR) is 116 cm³/mol. The SMILES string of the molecule is COc1ccc([C@@H](CC(=O)OC(C)C)NC(=O)CN2C(=O)NC3(CCCCC3)C2=O)cc1. The standard InChI is InChI=1S/C23H31N3O6/c1-15(2)32-20(28)13-18(16-7-9-17(31-3)10-8-16)24-19(27)14-26-21(29)23(25-22(26)30)11-5-4-6-12-23/h7-10,15,18H,4-6,11-14H2,1-3H3,(H,24,27)(H,25,30)/t18-/m1/s1. The minimum atomic E-state index is -0.883. The highest BCUT2D eigenvalue weighted by Crippen LogP contribution is 2.33. The van der Waals surface area contributed by atoms with Gasteiger partial charge in [-0.3, -0.25) is 19.3 Å². The molecule has 9 heteroatoms. The van der Waals surface area contributed by atoms with Gasteiger partial charge in [-0.05, 0) is 44.4 Å². The van der Waals surface area contributed by atoms with Gasteiger partial charge < -0.3 is 20.1 Å². The van der Waals surface area contributed by atoms with Crippen molar-refractivity contribution in [3.8, 4) is 5.75 Å². The molecule has 0 bridgehead atoms. The number of hydrogen-bond donors (Lipinski definition) is 2. The van der Waals surface area contributed by atoms with Gasteiger partial charge in [0.2, 0.25) is 5.91 Å². The Morgan fingerprint density at radius 1 is 1.12 bits per heavy atom. The van der Waals surface area contributed by atoms with Gasteiger partial charge in [-0.2, -0.15) is 0 Å². The predicted octanol–water partition coefficient (Wildman–Crippen LogP) is 2.45. The summed E-state index contributed by atoms with van der Waals surface area (Å²) in [5, 5.41) is 5.58. The molecule has 1 spiro atoms. The molecule has 9 nitrogen and oxygen atoms in total. The third kappa shape index (κ3) is 5.38. The largest absolute Gasteiger partial charge is 0.497 e. The molecule has 1 atom stereocenters. The maximum atomic E-state index is 12.9. The highest BCUT2D eigenvalue weighted by atomic mass is 16.5. The van der Waals surface area contributed by atoms with Gasteiger partial charge >= 0.3 is 12.0 Å². The fraction of sp³-hybridized carbons (Fsp3) is 0.565. The zero-order valence-electron chi connectivity index (χ0n) is 18.8. The summed E-state index contributed by atoms with van der Waals surface area (Å²) in [7, 11) is 1.55. The minimum Gasteiger partial charge on any atom is -0.497 e. The molecule has 1 aromatic rings. The summed E-state index contributed by atoms with van der Waals surface area (Å²) in [5.74, 6) is -0.699. The molecule has 0 radical (unpaired) electrons. The molecule has 1 saturated carbocycles. The number of rotatable bonds is 8. The van der Waals surface area contributed by atoms with E-state index >= 15 is 0 Å². The van der Waals surface area contributed by atoms with Crippen LogP contribution in [0.3, 0.4) is 0 Å². The van der Waals surface area contributed by atoms with Gasteiger partial charge in [-0.25, -0.2) is 4.79 Å². The van der Waals surface area contributed by atoms with Crippen LogP contribution in [0, 0.1) is 0 Å². The number of urea groups is 1. The first-order valence-corrected chi connectivity index (χ1v) is 11.0. The lowest BCUT2D eigenvalue weighted by molar-refractivity contribution is -0.148. The zero-order chi connectivity index (χ0) is 23.3. The lowest BCUT2D eigenvalue weighted by Crippen LogP contribution is -2.49. The average molecular weight is 446 g/mol. The second-order valence-electron chi connectivity index (χ2n) is 8.60. The molecule has 1 aromatic carbocycles. The summed E-state index contributed by atoms with van der Waals surface area (Å²) in [6.07, 6.45) is 3.57. The number of carbonyl (C=O) groups excluding carboxylic acids is 4. The third-order valence-corrected chi connectivity index (χ3v) is 5.85. The van der Waals surface area contributed by atoms with E-state index in [9.17, 15) is 19.2 Å². The molecule has 2 fully saturated rings. The molecule has 174 valence electrons. The van der Waals surface area contributed by atoms with Gasteiger partial charge in [0, 0.05) is 0 Å². The minimum absolute atomic E-state index is 0.0830. The summed E-state index contributed by atoms with van der Waals surface area (Å²) in [4.78, 5) is 51.4. The van der Waals surface area contributed by atoms with Crippen LogP contribution >= 0.6 is 0 Å². The van der Waals surface area contributed by atoms with Gasteiger partial charge in [-0.15, -0.1) is 0 Å². The second kappa shape index (κ2) is 10.0. The highest BCUT2D eigenvalue weighted by Gasteiger charge is 2.51. The number of nitrogens with zero attached hydrogens (tertiary/aromatic N) is 1. The van der Waals surface area contributed by atoms with Gasteiger partial charge in [0.25, 0.3) is 5.91 Å². The van der Waals surface area contributed by atoms with Crippen LogP contribution in [0.15, 0.2) is 24.3 Å². The van der Waals surface area contributed by atoms with Crippen LogP contribution in [0.5, 0.6) is 5.75 Å². The van der Waals surface area contributed by atoms with Gasteiger partial charge in [-0.1, -0.05) is 31.4 Å². The number of ether oxygens (including phenoxy) is 2. The van der Waals surface area contributed by atoms with Crippen molar-refractivity contribution in [1.82, 2.24) is 15.5 Å². The van der Waals surface area contributed by atoms with Gasteiger partial charge in [0.1, 0.15) is 17.8 Å². The van der Waals surface area contributed by atoms with Crippen molar-refractivity contribution in [3.05, 3.63) is 29.8 Å². The summed E-state index contributed by atoms with van der Waals surface area (Å²) < 4.78 is 10.4. The number of amides is 4. The molecule has 4 amide bonds. The topological polar surface area (TPSA) is 114 Å². The third-order valence-electron chi connectivity index (χ3n) is 5.85. The van der Waals surface area contributed by atoms with E-state index < -0.39 is 36.0 Å². The van der Waals surface area contributed by atoms with E-state index in [1.165, 1.54) is 0 Å². The molecule has 1 saturated heterocycles. The van der Waals surface area contributed by atoms with Crippen LogP contribution in [0.2, 0.25) is 0 Å². The Morgan fingerprint density at radius 3 is 2.38 bits per heavy atom. The van der Waals surface area contributed by atoms with Crippen molar-refractivity contribution >= 4 is 23.8 Å². The molecule has 32 heavy (non-hydrogen) atoms. The fourth-order valence-electron chi connectivity index (χ4n) is 4.26. The highest BCUT2D eigenvalue weighted by molar-refractivity contribution is 6.09. The van der Waals surface area contributed by atoms with E-state index in [2.05, 4.69) is 10.6 Å². The van der Waals surface area contributed by atoms with Crippen molar-refractivity contribution in [2.45, 2.75) is 70.1 Å². The Labute approximate surface area is 187 Å². The number of imide groups is 1. The summed E-state index contributed by atoms with van der Waals surface area (Å²) in [5.41, 5.74) is -0.202. The van der Waals surface area contributed by atoms with Crippen molar-refractivity contribution in [2.24, 2.45) is 0 Å². The van der Waals surface area contributed by atoms with Crippen molar-refractivity contribution in [3.63, 3.8) is 0 Å². The Balaban J connectivity index is 1.70. The molecule has 3 rings (SSSR count). The average Bonchev–Trinajstić information content (AvgIpc) is 2.97. The first-order chi connectivity index (χ1) is 15.2. The lowest BCUT2D eigenvalue weighted by Gasteiger charge is -2.30. The zero-order valence-corrected chi connectivity index (χ0v) is 18.8. The summed E-state index contributed by atoms with van der Waals surface area (Å²) >= 11 is 0. The summed E-state index contributed by atoms with van der Waals surface area (Å²) in [6, 6.07) is 5.73. The Hall–Kier alpha value is -3.10. The molecular formula is C23H31N3O6. The van der Waals surface area contributed by atoms with Crippen LogP contribution in [0.1, 0.15) is 64.0 Å². The van der Waals surface area contributed by atoms with Crippen LogP contribution in [0.4, 0.5) is 4.79 Å². The maximum absolute atomic E-state index is 12.9. The van der Waals surface area contributed by atoms with E-state index in [0.717, 1.165) is 24.2 Å². The van der Waals surface area contributed by atoms with E-state index in [1.807, 2.05) is 0 Å². The normalized spacial score (nSPS) is 18.4. The Kier molecular flexibility index (Phi) is 7.37. The first-order valence-electron chi connectivity index (χ1n) is 11.0. The van der Waals surface area contributed by atoms with Crippen LogP contribution < -0.4 is 15.4 Å². The molecule has 1 aliphatic heterocycles. The molecule has 2 aliphatic rings. The molecule has 0 aromatic heterocycles. The van der Waals surface area contributed by atoms with Gasteiger partial charge in [0.15, 0.2) is 0 Å². The molecular weight excluding hydrogens is 414 g/mol. The number of methoxy groups -OCH3 is 1. The van der Waals surface area contributed by atoms with E-state index in [4.69, 9.17) is 9.47 Å². The lowest BCUT2D eigenvalue weighted by atomic mass is 9.82. The number of esters is 1. The summed E-state index contributed by atoms with van der Waals surface area (Å²) in [6.45, 7) is 3.09. The van der Waals surface area contributed by atoms with Crippen molar-refractivity contribution < 1.29 is 28.7 Å². The number of carbonyl (C=O) groups is 4. The number of nitrogens with one attached hydrogen (secondary N) is 2. The quantitative estimate of drug-likeness (QED) is 0.469. The Bertz CT molecular complexity index is 861. The van der Waals surface area contributed by atoms with Crippen LogP contribution in [-0.4, -0.2) is 54.0 Å². The number of hydrogen-bond acceptors (Lipinski definition) is 6. The van der Waals surface area contributed by atoms with Crippen molar-refractivity contribution in [1.29, 1.82) is 0 Å². The second-order valence-corrected chi connectivity index (χ2v) is 8.60. The first kappa shape index (κ1) is 23.6. The monoisotopic (exact) mass is 445 g/mol. The van der Waals surface area contributed by atoms with E-state index in [0.29, 0.717) is 24.2 Å². The molecule has 2 N–H and O–H groups in total. The van der Waals surface area contributed by atoms with Crippen LogP contribution in [0.25, 0.3) is 0 Å². The maximum Gasteiger partial charge on any atom is 0.325 e. The molecule has 0 unspecified atom stereocenters.